The van der Waals surface area contributed by atoms with Crippen LogP contribution in [0.3, 0.4) is 0 Å². The van der Waals surface area contributed by atoms with Gasteiger partial charge in [0, 0.05) is 49.5 Å². The summed E-state index contributed by atoms with van der Waals surface area (Å²) < 4.78 is 12.3. The maximum absolute atomic E-state index is 13.3. The molecule has 0 radical (unpaired) electrons. The lowest BCUT2D eigenvalue weighted by atomic mass is 9.49. The van der Waals surface area contributed by atoms with Gasteiger partial charge in [-0.3, -0.25) is 19.3 Å². The Balaban J connectivity index is 0.938. The molecule has 3 aliphatic carbocycles. The quantitative estimate of drug-likeness (QED) is 0.168. The van der Waals surface area contributed by atoms with Crippen LogP contribution in [0.2, 0.25) is 10.0 Å². The number of hydrogen-bond donors (Lipinski definition) is 2. The van der Waals surface area contributed by atoms with Gasteiger partial charge in [-0.1, -0.05) is 53.5 Å². The molecule has 0 aromatic heterocycles. The van der Waals surface area contributed by atoms with Gasteiger partial charge in [0.15, 0.2) is 23.4 Å². The first-order valence-corrected chi connectivity index (χ1v) is 17.8. The summed E-state index contributed by atoms with van der Waals surface area (Å²) in [6.07, 6.45) is 4.47. The van der Waals surface area contributed by atoms with Crippen LogP contribution in [-0.2, 0) is 32.6 Å². The van der Waals surface area contributed by atoms with Crippen molar-refractivity contribution < 1.29 is 29.0 Å². The van der Waals surface area contributed by atoms with Crippen LogP contribution in [0.25, 0.3) is 0 Å². The minimum Gasteiger partial charge on any atom is -0.477 e. The fourth-order valence-corrected chi connectivity index (χ4v) is 9.28. The normalized spacial score (nSPS) is 26.9. The maximum atomic E-state index is 13.3. The first-order valence-electron chi connectivity index (χ1n) is 17.0. The molecule has 8 nitrogen and oxygen atoms in total. The lowest BCUT2D eigenvalue weighted by Crippen LogP contribution is -2.76. The first kappa shape index (κ1) is 31.8. The van der Waals surface area contributed by atoms with Crippen LogP contribution in [0.5, 0.6) is 11.5 Å². The standard InChI is InChI=1S/C38H38Cl2N2O6/c39-26-7-4-8-27(40)34(26)41-28-9-2-1-5-23(28)19-25(43)6-3-10-32(45)47-30-14-13-24-20-31-38(46)16-15-29(44)36-37(38,33(24)35(30)48-36)17-18-42(31)21-22-11-12-22/h1-2,4-5,7-9,13-14,22,31,36,41,46H,3,6,10-12,15-21H2/t31-,36?,37+,38-/m1/s1. The molecule has 3 aromatic carbocycles. The molecule has 3 aromatic rings. The average molecular weight is 690 g/mol. The zero-order valence-corrected chi connectivity index (χ0v) is 28.1. The summed E-state index contributed by atoms with van der Waals surface area (Å²) in [6, 6.07) is 16.4. The minimum absolute atomic E-state index is 0.000596. The second kappa shape index (κ2) is 12.2. The third-order valence-corrected chi connectivity index (χ3v) is 11.9. The Morgan fingerprint density at radius 1 is 1.02 bits per heavy atom. The van der Waals surface area contributed by atoms with Crippen LogP contribution in [-0.4, -0.2) is 58.4 Å². The van der Waals surface area contributed by atoms with Gasteiger partial charge in [-0.15, -0.1) is 0 Å². The number of likely N-dealkylation sites (tertiary alicyclic amines) is 1. The zero-order chi connectivity index (χ0) is 33.2. The molecule has 2 heterocycles. The number of rotatable bonds is 11. The predicted octanol–water partition coefficient (Wildman–Crippen LogP) is 6.76. The molecule has 3 fully saturated rings. The van der Waals surface area contributed by atoms with Gasteiger partial charge in [0.05, 0.1) is 26.7 Å². The molecule has 250 valence electrons. The van der Waals surface area contributed by atoms with E-state index < -0.39 is 23.1 Å². The lowest BCUT2D eigenvalue weighted by molar-refractivity contribution is -0.188. The molecule has 8 rings (SSSR count). The van der Waals surface area contributed by atoms with Crippen LogP contribution in [0.15, 0.2) is 54.6 Å². The molecule has 1 unspecified atom stereocenters. The topological polar surface area (TPSA) is 105 Å². The molecule has 1 spiro atoms. The van der Waals surface area contributed by atoms with E-state index in [1.54, 1.807) is 24.3 Å². The van der Waals surface area contributed by atoms with E-state index in [1.165, 1.54) is 12.8 Å². The van der Waals surface area contributed by atoms with Crippen molar-refractivity contribution in [1.82, 2.24) is 4.90 Å². The van der Waals surface area contributed by atoms with Crippen LogP contribution >= 0.6 is 23.2 Å². The Labute approximate surface area is 289 Å². The van der Waals surface area contributed by atoms with E-state index in [-0.39, 0.29) is 49.0 Å². The highest BCUT2D eigenvalue weighted by Gasteiger charge is 2.73. The molecule has 2 N–H and O–H groups in total. The second-order valence-electron chi connectivity index (χ2n) is 14.1. The van der Waals surface area contributed by atoms with Crippen molar-refractivity contribution in [2.24, 2.45) is 5.92 Å². The Bertz CT molecular complexity index is 1810. The Morgan fingerprint density at radius 3 is 2.60 bits per heavy atom. The van der Waals surface area contributed by atoms with Gasteiger partial charge in [0.2, 0.25) is 0 Å². The number of piperidine rings is 1. The number of aliphatic hydroxyl groups is 1. The van der Waals surface area contributed by atoms with Gasteiger partial charge < -0.3 is 19.9 Å². The molecule has 1 saturated heterocycles. The number of para-hydroxylation sites is 2. The highest BCUT2D eigenvalue weighted by molar-refractivity contribution is 6.39. The molecule has 10 heteroatoms. The summed E-state index contributed by atoms with van der Waals surface area (Å²) in [5.41, 5.74) is 2.12. The molecular weight excluding hydrogens is 651 g/mol. The Hall–Kier alpha value is -3.43. The molecule has 2 saturated carbocycles. The maximum Gasteiger partial charge on any atom is 0.311 e. The van der Waals surface area contributed by atoms with Crippen molar-refractivity contribution in [2.75, 3.05) is 18.4 Å². The van der Waals surface area contributed by atoms with Gasteiger partial charge in [0.25, 0.3) is 0 Å². The summed E-state index contributed by atoms with van der Waals surface area (Å²) >= 11 is 12.7. The summed E-state index contributed by atoms with van der Waals surface area (Å²) in [6.45, 7) is 1.80. The Morgan fingerprint density at radius 2 is 1.81 bits per heavy atom. The molecule has 2 aliphatic heterocycles. The number of benzene rings is 3. The number of esters is 1. The number of carbonyl (C=O) groups is 3. The summed E-state index contributed by atoms with van der Waals surface area (Å²) in [7, 11) is 0. The number of ketones is 2. The minimum atomic E-state index is -1.08. The predicted molar refractivity (Wildman–Crippen MR) is 183 cm³/mol. The van der Waals surface area contributed by atoms with Crippen molar-refractivity contribution in [2.45, 2.75) is 87.4 Å². The van der Waals surface area contributed by atoms with Crippen molar-refractivity contribution in [1.29, 1.82) is 0 Å². The summed E-state index contributed by atoms with van der Waals surface area (Å²) in [4.78, 5) is 41.9. The zero-order valence-electron chi connectivity index (χ0n) is 26.6. The highest BCUT2D eigenvalue weighted by atomic mass is 35.5. The van der Waals surface area contributed by atoms with Gasteiger partial charge in [-0.25, -0.2) is 0 Å². The van der Waals surface area contributed by atoms with Crippen molar-refractivity contribution >= 4 is 52.1 Å². The third-order valence-electron chi connectivity index (χ3n) is 11.2. The molecular formula is C38H38Cl2N2O6. The van der Waals surface area contributed by atoms with Gasteiger partial charge in [-0.2, -0.15) is 0 Å². The van der Waals surface area contributed by atoms with E-state index >= 15 is 0 Å². The van der Waals surface area contributed by atoms with Crippen molar-refractivity contribution in [3.8, 4) is 11.5 Å². The van der Waals surface area contributed by atoms with E-state index in [2.05, 4.69) is 10.2 Å². The molecule has 48 heavy (non-hydrogen) atoms. The fraction of sp³-hybridized carbons (Fsp3) is 0.447. The number of Topliss-reactive ketones (excluding diaryl/α,β-unsaturated/α-hetero) is 2. The van der Waals surface area contributed by atoms with Gasteiger partial charge >= 0.3 is 5.97 Å². The smallest absolute Gasteiger partial charge is 0.311 e. The largest absolute Gasteiger partial charge is 0.477 e. The molecule has 2 bridgehead atoms. The van der Waals surface area contributed by atoms with Gasteiger partial charge in [0.1, 0.15) is 5.78 Å². The average Bonchev–Trinajstić information content (AvgIpc) is 3.80. The summed E-state index contributed by atoms with van der Waals surface area (Å²) in [5, 5.41) is 16.7. The fourth-order valence-electron chi connectivity index (χ4n) is 8.79. The molecule has 5 aliphatic rings. The monoisotopic (exact) mass is 688 g/mol. The SMILES string of the molecule is O=C(CCCC(=O)Oc1ccc2c3c1OC1C(=O)CC[C@@]4(O)[C@@H](C2)N(CC2CC2)CC[C@]314)Cc1ccccc1Nc1c(Cl)cccc1Cl. The second-order valence-corrected chi connectivity index (χ2v) is 14.9. The third kappa shape index (κ3) is 5.23. The number of halogens is 2. The molecule has 4 atom stereocenters. The number of nitrogens with zero attached hydrogens (tertiary/aromatic N) is 1. The number of nitrogens with one attached hydrogen (secondary N) is 1. The Kier molecular flexibility index (Phi) is 8.06. The van der Waals surface area contributed by atoms with E-state index in [0.717, 1.165) is 35.5 Å². The van der Waals surface area contributed by atoms with E-state index in [1.807, 2.05) is 30.3 Å². The van der Waals surface area contributed by atoms with E-state index in [9.17, 15) is 19.5 Å². The lowest BCUT2D eigenvalue weighted by Gasteiger charge is -2.62. The van der Waals surface area contributed by atoms with Crippen LogP contribution in [0, 0.1) is 5.92 Å². The van der Waals surface area contributed by atoms with Gasteiger partial charge in [-0.05, 0) is 86.4 Å². The van der Waals surface area contributed by atoms with Crippen LogP contribution < -0.4 is 14.8 Å². The van der Waals surface area contributed by atoms with Crippen LogP contribution in [0.4, 0.5) is 11.4 Å². The van der Waals surface area contributed by atoms with E-state index in [0.29, 0.717) is 53.1 Å². The first-order chi connectivity index (χ1) is 23.2. The van der Waals surface area contributed by atoms with Crippen molar-refractivity contribution in [3.63, 3.8) is 0 Å². The number of carbonyl (C=O) groups excluding carboxylic acids is 3. The van der Waals surface area contributed by atoms with Crippen LogP contribution in [0.1, 0.15) is 68.1 Å². The number of ether oxygens (including phenoxy) is 2. The van der Waals surface area contributed by atoms with Crippen molar-refractivity contribution in [3.05, 3.63) is 81.3 Å². The molecule has 0 amide bonds. The highest BCUT2D eigenvalue weighted by Crippen LogP contribution is 2.65. The number of anilines is 2. The summed E-state index contributed by atoms with van der Waals surface area (Å²) in [5.74, 6) is 0.917. The number of hydrogen-bond acceptors (Lipinski definition) is 8. The van der Waals surface area contributed by atoms with E-state index in [4.69, 9.17) is 32.7 Å².